The summed E-state index contributed by atoms with van der Waals surface area (Å²) in [5, 5.41) is 8.18. The number of hydrogen-bond acceptors (Lipinski definition) is 2. The molecule has 1 unspecified atom stereocenters. The summed E-state index contributed by atoms with van der Waals surface area (Å²) in [6, 6.07) is 73.9. The van der Waals surface area contributed by atoms with Crippen LogP contribution in [0.3, 0.4) is 0 Å². The van der Waals surface area contributed by atoms with Crippen LogP contribution in [0, 0.1) is 0 Å². The Labute approximate surface area is 379 Å². The summed E-state index contributed by atoms with van der Waals surface area (Å²) < 4.78 is 15.5. The zero-order valence-corrected chi connectivity index (χ0v) is 36.3. The Balaban J connectivity index is 1.09. The predicted octanol–water partition coefficient (Wildman–Crippen LogP) is 9.47. The van der Waals surface area contributed by atoms with Gasteiger partial charge in [-0.2, -0.15) is 9.47 Å². The predicted molar refractivity (Wildman–Crippen MR) is 262 cm³/mol. The van der Waals surface area contributed by atoms with Gasteiger partial charge in [-0.3, -0.25) is 0 Å². The van der Waals surface area contributed by atoms with Crippen molar-refractivity contribution in [2.75, 3.05) is 4.90 Å². The molecule has 18 rings (SSSR count). The highest BCUT2D eigenvalue weighted by atomic mass is 28.3. The lowest BCUT2D eigenvalue weighted by atomic mass is 9.65. The van der Waals surface area contributed by atoms with E-state index in [1.807, 2.05) is 0 Å². The molecule has 0 radical (unpaired) electrons. The van der Waals surface area contributed by atoms with Gasteiger partial charge < -0.3 is 4.74 Å². The number of hydrogen-bond donors (Lipinski definition) is 0. The second kappa shape index (κ2) is 10.6. The van der Waals surface area contributed by atoms with Crippen molar-refractivity contribution in [3.05, 3.63) is 229 Å². The van der Waals surface area contributed by atoms with Crippen molar-refractivity contribution in [1.82, 2.24) is 9.27 Å². The van der Waals surface area contributed by atoms with Gasteiger partial charge in [0.05, 0.1) is 15.5 Å². The summed E-state index contributed by atoms with van der Waals surface area (Å²) in [7, 11) is -2.95. The quantitative estimate of drug-likeness (QED) is 0.0864. The smallest absolute Gasteiger partial charge is 0.350 e. The molecule has 7 aliphatic rings. The summed E-state index contributed by atoms with van der Waals surface area (Å²) in [5.74, 6) is 2.83. The SMILES string of the molecule is c1ccc2c(c1)-c1ccccc1C21c2ccc3c4c2-n2c5c1cccc5c1ccc[n+](c12)[N+]41c2c(ccc4c2N(c2ccccc2[Si]42c4ccccc4-c4ccccc42)c2cccc[n+]21)O3. The van der Waals surface area contributed by atoms with E-state index in [-0.39, 0.29) is 4.70 Å². The summed E-state index contributed by atoms with van der Waals surface area (Å²) in [6.45, 7) is 0. The van der Waals surface area contributed by atoms with Crippen LogP contribution in [0.15, 0.2) is 207 Å². The molecule has 6 aliphatic heterocycles. The maximum absolute atomic E-state index is 7.53. The molecule has 11 aromatic rings. The number of fused-ring (bicyclic) bond motifs is 19. The molecule has 66 heavy (non-hydrogen) atoms. The van der Waals surface area contributed by atoms with Crippen LogP contribution >= 0.6 is 0 Å². The molecule has 0 saturated heterocycles. The second-order valence-corrected chi connectivity index (χ2v) is 22.5. The highest BCUT2D eigenvalue weighted by Gasteiger charge is 2.72. The number of ether oxygens (including phenoxy) is 1. The molecule has 6 nitrogen and oxygen atoms in total. The van der Waals surface area contributed by atoms with Crippen molar-refractivity contribution in [3.63, 3.8) is 0 Å². The lowest BCUT2D eigenvalue weighted by molar-refractivity contribution is -1.03. The molecule has 0 saturated carbocycles. The molecule has 0 amide bonds. The molecule has 9 heterocycles. The van der Waals surface area contributed by atoms with Gasteiger partial charge in [0.25, 0.3) is 0 Å². The van der Waals surface area contributed by atoms with E-state index >= 15 is 0 Å². The third kappa shape index (κ3) is 3.10. The topological polar surface area (TPSA) is 25.2 Å². The van der Waals surface area contributed by atoms with Crippen LogP contribution < -0.4 is 44.4 Å². The van der Waals surface area contributed by atoms with Gasteiger partial charge in [0, 0.05) is 33.0 Å². The first-order valence-electron chi connectivity index (χ1n) is 23.0. The molecular weight excluding hydrogens is 823 g/mol. The molecule has 1 aliphatic carbocycles. The number of para-hydroxylation sites is 2. The zero-order chi connectivity index (χ0) is 42.4. The monoisotopic (exact) mass is 856 g/mol. The largest absolute Gasteiger partial charge is 0.444 e. The Kier molecular flexibility index (Phi) is 5.33. The van der Waals surface area contributed by atoms with Gasteiger partial charge in [0.1, 0.15) is 11.2 Å². The van der Waals surface area contributed by atoms with Crippen LogP contribution in [0.25, 0.3) is 49.9 Å². The Morgan fingerprint density at radius 3 is 1.82 bits per heavy atom. The molecule has 1 atom stereocenters. The van der Waals surface area contributed by atoms with E-state index in [0.717, 1.165) is 28.7 Å². The van der Waals surface area contributed by atoms with E-state index in [4.69, 9.17) is 4.74 Å². The Morgan fingerprint density at radius 2 is 1.05 bits per heavy atom. The van der Waals surface area contributed by atoms with Gasteiger partial charge in [-0.05, 0) is 102 Å². The average molecular weight is 857 g/mol. The van der Waals surface area contributed by atoms with E-state index < -0.39 is 13.5 Å². The van der Waals surface area contributed by atoms with Crippen molar-refractivity contribution >= 4 is 79.3 Å². The summed E-state index contributed by atoms with van der Waals surface area (Å²) in [4.78, 5) is 2.58. The Bertz CT molecular complexity index is 4120. The fraction of sp³-hybridized carbons (Fsp3) is 0.0169. The number of nitrogens with zero attached hydrogens (tertiary/aromatic N) is 5. The lowest BCUT2D eigenvalue weighted by Crippen LogP contribution is -2.88. The van der Waals surface area contributed by atoms with E-state index in [1.54, 1.807) is 0 Å². The van der Waals surface area contributed by atoms with Crippen LogP contribution in [-0.2, 0) is 5.41 Å². The van der Waals surface area contributed by atoms with Crippen LogP contribution in [0.2, 0.25) is 0 Å². The van der Waals surface area contributed by atoms with Crippen LogP contribution in [0.4, 0.5) is 28.6 Å². The number of aromatic nitrogens is 3. The summed E-state index contributed by atoms with van der Waals surface area (Å²) in [5.41, 5.74) is 18.3. The molecule has 3 aromatic heterocycles. The van der Waals surface area contributed by atoms with E-state index in [9.17, 15) is 0 Å². The van der Waals surface area contributed by atoms with Crippen molar-refractivity contribution in [1.29, 1.82) is 0 Å². The van der Waals surface area contributed by atoms with Gasteiger partial charge in [-0.25, -0.2) is 0 Å². The lowest BCUT2D eigenvalue weighted by Gasteiger charge is -2.46. The molecule has 0 fully saturated rings. The van der Waals surface area contributed by atoms with E-state index in [0.29, 0.717) is 0 Å². The van der Waals surface area contributed by atoms with E-state index in [2.05, 4.69) is 225 Å². The number of pyridine rings is 2. The minimum absolute atomic E-state index is 0.266. The van der Waals surface area contributed by atoms with Crippen molar-refractivity contribution in [2.45, 2.75) is 5.41 Å². The fourth-order valence-electron chi connectivity index (χ4n) is 14.6. The van der Waals surface area contributed by atoms with Crippen molar-refractivity contribution < 1.29 is 14.1 Å². The van der Waals surface area contributed by atoms with Crippen LogP contribution in [-0.4, -0.2) is 12.6 Å². The van der Waals surface area contributed by atoms with Gasteiger partial charge in [-0.1, -0.05) is 140 Å². The van der Waals surface area contributed by atoms with Crippen LogP contribution in [0.1, 0.15) is 22.3 Å². The molecule has 3 spiro atoms. The number of anilines is 3. The second-order valence-electron chi connectivity index (χ2n) is 18.9. The third-order valence-corrected chi connectivity index (χ3v) is 21.5. The van der Waals surface area contributed by atoms with Crippen molar-refractivity contribution in [2.24, 2.45) is 0 Å². The average Bonchev–Trinajstić information content (AvgIpc) is 3.99. The van der Waals surface area contributed by atoms with Gasteiger partial charge in [0.15, 0.2) is 20.5 Å². The Hall–Kier alpha value is -8.36. The van der Waals surface area contributed by atoms with Gasteiger partial charge in [0.2, 0.25) is 22.9 Å². The molecule has 7 heteroatoms. The zero-order valence-electron chi connectivity index (χ0n) is 35.3. The van der Waals surface area contributed by atoms with Gasteiger partial charge in [-0.15, -0.1) is 0 Å². The Morgan fingerprint density at radius 1 is 0.439 bits per heavy atom. The molecule has 0 N–H and O–H groups in total. The molecular formula is C59H34N5OSi+3. The normalized spacial score (nSPS) is 18.1. The minimum Gasteiger partial charge on any atom is -0.444 e. The number of benzene rings is 8. The maximum Gasteiger partial charge on any atom is 0.350 e. The number of quaternary nitrogens is 1. The van der Waals surface area contributed by atoms with Gasteiger partial charge >= 0.3 is 22.8 Å². The first-order valence-corrected chi connectivity index (χ1v) is 25.0. The number of rotatable bonds is 0. The fourth-order valence-corrected chi connectivity index (χ4v) is 20.1. The molecule has 0 bridgehead atoms. The summed E-state index contributed by atoms with van der Waals surface area (Å²) >= 11 is 0. The molecule has 8 aromatic carbocycles. The van der Waals surface area contributed by atoms with E-state index in [1.165, 1.54) is 104 Å². The van der Waals surface area contributed by atoms with Crippen LogP contribution in [0.5, 0.6) is 11.5 Å². The van der Waals surface area contributed by atoms with Crippen molar-refractivity contribution in [3.8, 4) is 39.4 Å². The standard InChI is InChI=1S/C59H34N5OSi/c1-5-21-41-35(15-1)36-16-2-6-22-42(36)59(41)43-23-13-19-39-40-20-14-34-61-58(40)63(53(39)43)54-44(59)29-30-46-56(54)64(61)57-47(65-46)31-32-51-55(57)62(52-28-11-12-33-60(52)64)45-24-7-10-27-50(45)66(51)48-25-8-3-17-37(48)38-18-4-9-26-49(38)66/h1-34H/q+3. The third-order valence-electron chi connectivity index (χ3n) is 16.6. The first-order chi connectivity index (χ1) is 32.8. The highest BCUT2D eigenvalue weighted by Crippen LogP contribution is 2.67. The summed E-state index contributed by atoms with van der Waals surface area (Å²) in [6.07, 6.45) is 4.63. The minimum atomic E-state index is -2.95. The first kappa shape index (κ1) is 33.2. The highest BCUT2D eigenvalue weighted by molar-refractivity contribution is 7.23. The maximum atomic E-state index is 7.53. The molecule has 302 valence electrons.